The number of nitrogens with zero attached hydrogens (tertiary/aromatic N) is 1. The maximum atomic E-state index is 11.6. The third-order valence-corrected chi connectivity index (χ3v) is 3.31. The zero-order chi connectivity index (χ0) is 12.0. The Morgan fingerprint density at radius 2 is 1.62 bits per heavy atom. The lowest BCUT2D eigenvalue weighted by atomic mass is 9.92. The van der Waals surface area contributed by atoms with Gasteiger partial charge < -0.3 is 9.64 Å². The van der Waals surface area contributed by atoms with Crippen LogP contribution in [0, 0.1) is 5.41 Å². The van der Waals surface area contributed by atoms with Crippen LogP contribution in [0.3, 0.4) is 0 Å². The summed E-state index contributed by atoms with van der Waals surface area (Å²) in [5, 5.41) is 0. The van der Waals surface area contributed by atoms with Crippen molar-refractivity contribution in [3.05, 3.63) is 0 Å². The fraction of sp³-hybridized carbons (Fsp3) is 0.923. The topological polar surface area (TPSA) is 29.5 Å². The molecule has 94 valence electrons. The standard InChI is InChI=1S/C13H25NO2/c1-13(2,12(15)16-3)11-14-9-7-5-4-6-8-10-14/h4-11H2,1-3H3. The zero-order valence-corrected chi connectivity index (χ0v) is 10.9. The summed E-state index contributed by atoms with van der Waals surface area (Å²) in [6.07, 6.45) is 6.55. The molecule has 0 radical (unpaired) electrons. The van der Waals surface area contributed by atoms with Gasteiger partial charge in [-0.15, -0.1) is 0 Å². The molecule has 0 aromatic rings. The van der Waals surface area contributed by atoms with Crippen molar-refractivity contribution in [2.24, 2.45) is 5.41 Å². The molecule has 0 amide bonds. The number of carbonyl (C=O) groups is 1. The predicted molar refractivity (Wildman–Crippen MR) is 65.3 cm³/mol. The van der Waals surface area contributed by atoms with Crippen LogP contribution in [0.15, 0.2) is 0 Å². The molecule has 1 saturated heterocycles. The minimum atomic E-state index is -0.381. The van der Waals surface area contributed by atoms with Gasteiger partial charge in [-0.2, -0.15) is 0 Å². The Labute approximate surface area is 99.1 Å². The summed E-state index contributed by atoms with van der Waals surface area (Å²) >= 11 is 0. The molecule has 3 nitrogen and oxygen atoms in total. The normalized spacial score (nSPS) is 19.9. The molecule has 0 aliphatic carbocycles. The van der Waals surface area contributed by atoms with Crippen LogP contribution in [-0.2, 0) is 9.53 Å². The van der Waals surface area contributed by atoms with Crippen LogP contribution >= 0.6 is 0 Å². The van der Waals surface area contributed by atoms with Gasteiger partial charge >= 0.3 is 5.97 Å². The third-order valence-electron chi connectivity index (χ3n) is 3.31. The monoisotopic (exact) mass is 227 g/mol. The highest BCUT2D eigenvalue weighted by Crippen LogP contribution is 2.21. The van der Waals surface area contributed by atoms with E-state index in [1.807, 2.05) is 13.8 Å². The summed E-state index contributed by atoms with van der Waals surface area (Å²) in [5.41, 5.74) is -0.381. The van der Waals surface area contributed by atoms with Crippen molar-refractivity contribution >= 4 is 5.97 Å². The van der Waals surface area contributed by atoms with Gasteiger partial charge in [0.25, 0.3) is 0 Å². The van der Waals surface area contributed by atoms with Gasteiger partial charge in [0.05, 0.1) is 12.5 Å². The summed E-state index contributed by atoms with van der Waals surface area (Å²) in [7, 11) is 1.47. The van der Waals surface area contributed by atoms with E-state index in [2.05, 4.69) is 4.90 Å². The molecule has 1 rings (SSSR count). The lowest BCUT2D eigenvalue weighted by Gasteiger charge is -2.31. The fourth-order valence-corrected chi connectivity index (χ4v) is 2.37. The van der Waals surface area contributed by atoms with Crippen molar-refractivity contribution in [2.75, 3.05) is 26.7 Å². The van der Waals surface area contributed by atoms with E-state index >= 15 is 0 Å². The number of methoxy groups -OCH3 is 1. The molecule has 1 aliphatic rings. The second-order valence-electron chi connectivity index (χ2n) is 5.42. The number of likely N-dealkylation sites (tertiary alicyclic amines) is 1. The summed E-state index contributed by atoms with van der Waals surface area (Å²) in [6, 6.07) is 0. The van der Waals surface area contributed by atoms with Gasteiger partial charge in [0.15, 0.2) is 0 Å². The third kappa shape index (κ3) is 4.12. The van der Waals surface area contributed by atoms with Gasteiger partial charge in [-0.3, -0.25) is 4.79 Å². The Balaban J connectivity index is 2.46. The SMILES string of the molecule is COC(=O)C(C)(C)CN1CCCCCCC1. The first kappa shape index (κ1) is 13.5. The van der Waals surface area contributed by atoms with Gasteiger partial charge in [0.2, 0.25) is 0 Å². The van der Waals surface area contributed by atoms with E-state index in [-0.39, 0.29) is 11.4 Å². The molecule has 0 saturated carbocycles. The van der Waals surface area contributed by atoms with E-state index in [4.69, 9.17) is 4.74 Å². The van der Waals surface area contributed by atoms with Gasteiger partial charge in [0.1, 0.15) is 0 Å². The Hall–Kier alpha value is -0.570. The molecule has 0 aromatic heterocycles. The van der Waals surface area contributed by atoms with Crippen molar-refractivity contribution in [3.8, 4) is 0 Å². The van der Waals surface area contributed by atoms with Crippen molar-refractivity contribution in [2.45, 2.75) is 46.0 Å². The quantitative estimate of drug-likeness (QED) is 0.694. The van der Waals surface area contributed by atoms with Crippen LogP contribution < -0.4 is 0 Å². The smallest absolute Gasteiger partial charge is 0.312 e. The van der Waals surface area contributed by atoms with Crippen molar-refractivity contribution < 1.29 is 9.53 Å². The Kier molecular flexibility index (Phi) is 5.26. The molecule has 0 N–H and O–H groups in total. The van der Waals surface area contributed by atoms with Crippen molar-refractivity contribution in [1.82, 2.24) is 4.90 Å². The van der Waals surface area contributed by atoms with Crippen LogP contribution in [0.2, 0.25) is 0 Å². The minimum absolute atomic E-state index is 0.102. The van der Waals surface area contributed by atoms with Gasteiger partial charge in [-0.1, -0.05) is 19.3 Å². The number of ether oxygens (including phenoxy) is 1. The number of hydrogen-bond donors (Lipinski definition) is 0. The number of hydrogen-bond acceptors (Lipinski definition) is 3. The zero-order valence-electron chi connectivity index (χ0n) is 10.9. The molecule has 1 heterocycles. The Morgan fingerprint density at radius 1 is 1.12 bits per heavy atom. The van der Waals surface area contributed by atoms with Crippen molar-refractivity contribution in [1.29, 1.82) is 0 Å². The largest absolute Gasteiger partial charge is 0.469 e. The molecule has 0 atom stereocenters. The predicted octanol–water partition coefficient (Wildman–Crippen LogP) is 2.45. The summed E-state index contributed by atoms with van der Waals surface area (Å²) in [5.74, 6) is -0.102. The molecule has 16 heavy (non-hydrogen) atoms. The molecule has 0 spiro atoms. The van der Waals surface area contributed by atoms with Crippen LogP contribution in [0.4, 0.5) is 0 Å². The van der Waals surface area contributed by atoms with E-state index in [0.29, 0.717) is 0 Å². The average molecular weight is 227 g/mol. The van der Waals surface area contributed by atoms with E-state index in [0.717, 1.165) is 19.6 Å². The second kappa shape index (κ2) is 6.24. The maximum Gasteiger partial charge on any atom is 0.312 e. The van der Waals surface area contributed by atoms with Crippen LogP contribution in [-0.4, -0.2) is 37.6 Å². The summed E-state index contributed by atoms with van der Waals surface area (Å²) < 4.78 is 4.85. The van der Waals surface area contributed by atoms with Crippen molar-refractivity contribution in [3.63, 3.8) is 0 Å². The molecular formula is C13H25NO2. The Bertz CT molecular complexity index is 218. The first-order valence-corrected chi connectivity index (χ1v) is 6.37. The fourth-order valence-electron chi connectivity index (χ4n) is 2.37. The lowest BCUT2D eigenvalue weighted by Crippen LogP contribution is -2.41. The highest BCUT2D eigenvalue weighted by molar-refractivity contribution is 5.76. The average Bonchev–Trinajstić information content (AvgIpc) is 2.20. The van der Waals surface area contributed by atoms with Crippen LogP contribution in [0.1, 0.15) is 46.0 Å². The molecule has 0 unspecified atom stereocenters. The van der Waals surface area contributed by atoms with Gasteiger partial charge in [0, 0.05) is 6.54 Å². The van der Waals surface area contributed by atoms with Gasteiger partial charge in [-0.25, -0.2) is 0 Å². The van der Waals surface area contributed by atoms with Crippen LogP contribution in [0.25, 0.3) is 0 Å². The van der Waals surface area contributed by atoms with E-state index in [1.165, 1.54) is 39.2 Å². The molecule has 0 aromatic carbocycles. The van der Waals surface area contributed by atoms with Crippen LogP contribution in [0.5, 0.6) is 0 Å². The molecule has 3 heteroatoms. The molecular weight excluding hydrogens is 202 g/mol. The first-order valence-electron chi connectivity index (χ1n) is 6.37. The molecule has 1 aliphatic heterocycles. The van der Waals surface area contributed by atoms with Gasteiger partial charge in [-0.05, 0) is 39.8 Å². The highest BCUT2D eigenvalue weighted by Gasteiger charge is 2.30. The van der Waals surface area contributed by atoms with E-state index < -0.39 is 0 Å². The minimum Gasteiger partial charge on any atom is -0.469 e. The molecule has 0 bridgehead atoms. The molecule has 1 fully saturated rings. The van der Waals surface area contributed by atoms with E-state index in [9.17, 15) is 4.79 Å². The number of carbonyl (C=O) groups excluding carboxylic acids is 1. The summed E-state index contributed by atoms with van der Waals surface area (Å²) in [4.78, 5) is 14.0. The first-order chi connectivity index (χ1) is 7.56. The maximum absolute atomic E-state index is 11.6. The number of esters is 1. The second-order valence-corrected chi connectivity index (χ2v) is 5.42. The summed E-state index contributed by atoms with van der Waals surface area (Å²) in [6.45, 7) is 7.01. The number of rotatable bonds is 3. The highest BCUT2D eigenvalue weighted by atomic mass is 16.5. The Morgan fingerprint density at radius 3 is 2.12 bits per heavy atom. The van der Waals surface area contributed by atoms with E-state index in [1.54, 1.807) is 0 Å². The lowest BCUT2D eigenvalue weighted by molar-refractivity contribution is -0.151.